The summed E-state index contributed by atoms with van der Waals surface area (Å²) >= 11 is 0. The zero-order valence-electron chi connectivity index (χ0n) is 14.4. The van der Waals surface area contributed by atoms with Crippen LogP contribution in [0.4, 0.5) is 0 Å². The van der Waals surface area contributed by atoms with Gasteiger partial charge in [0.05, 0.1) is 12.2 Å². The van der Waals surface area contributed by atoms with Gasteiger partial charge in [0.25, 0.3) is 5.91 Å². The van der Waals surface area contributed by atoms with E-state index in [1.807, 2.05) is 31.3 Å². The Kier molecular flexibility index (Phi) is 4.23. The number of hydrogen-bond acceptors (Lipinski definition) is 3. The van der Waals surface area contributed by atoms with Crippen molar-refractivity contribution < 1.29 is 4.79 Å². The number of hydrogen-bond donors (Lipinski definition) is 2. The molecule has 0 unspecified atom stereocenters. The Balaban J connectivity index is 1.44. The first-order chi connectivity index (χ1) is 12.7. The van der Waals surface area contributed by atoms with Crippen molar-refractivity contribution in [1.82, 2.24) is 25.1 Å². The normalized spacial score (nSPS) is 11.0. The van der Waals surface area contributed by atoms with Gasteiger partial charge in [-0.25, -0.2) is 0 Å². The van der Waals surface area contributed by atoms with E-state index in [1.54, 1.807) is 18.5 Å². The molecular weight excluding hydrogens is 326 g/mol. The Morgan fingerprint density at radius 2 is 2.12 bits per heavy atom. The summed E-state index contributed by atoms with van der Waals surface area (Å²) in [6.07, 6.45) is 5.55. The van der Waals surface area contributed by atoms with Crippen LogP contribution in [0.5, 0.6) is 0 Å². The summed E-state index contributed by atoms with van der Waals surface area (Å²) < 4.78 is 2.13. The van der Waals surface area contributed by atoms with Crippen LogP contribution in [-0.2, 0) is 13.1 Å². The molecule has 130 valence electrons. The van der Waals surface area contributed by atoms with Crippen molar-refractivity contribution >= 4 is 16.8 Å². The Labute approximate surface area is 150 Å². The standard InChI is InChI=1S/C20H19N5O/c1-14-11-21-8-6-16(14)12-22-20(26)18-10-17(23-24-18)13-25-9-7-15-4-2-3-5-19(15)25/h2-11H,12-13H2,1H3,(H,22,26)(H,23,24). The Hall–Kier alpha value is -3.41. The van der Waals surface area contributed by atoms with Gasteiger partial charge in [0.2, 0.25) is 0 Å². The van der Waals surface area contributed by atoms with Gasteiger partial charge in [-0.15, -0.1) is 0 Å². The van der Waals surface area contributed by atoms with E-state index in [-0.39, 0.29) is 5.91 Å². The van der Waals surface area contributed by atoms with Crippen molar-refractivity contribution in [3.63, 3.8) is 0 Å². The van der Waals surface area contributed by atoms with Crippen LogP contribution in [0.2, 0.25) is 0 Å². The number of aryl methyl sites for hydroxylation is 1. The van der Waals surface area contributed by atoms with E-state index < -0.39 is 0 Å². The van der Waals surface area contributed by atoms with Crippen LogP contribution in [-0.4, -0.2) is 25.7 Å². The van der Waals surface area contributed by atoms with Gasteiger partial charge in [0.1, 0.15) is 5.69 Å². The number of amides is 1. The molecule has 26 heavy (non-hydrogen) atoms. The molecule has 3 aromatic heterocycles. The summed E-state index contributed by atoms with van der Waals surface area (Å²) in [5.41, 5.74) is 4.53. The van der Waals surface area contributed by atoms with Gasteiger partial charge < -0.3 is 9.88 Å². The average Bonchev–Trinajstić information content (AvgIpc) is 3.29. The molecule has 2 N–H and O–H groups in total. The molecule has 0 aliphatic rings. The predicted octanol–water partition coefficient (Wildman–Crippen LogP) is 3.05. The maximum Gasteiger partial charge on any atom is 0.272 e. The van der Waals surface area contributed by atoms with Crippen LogP contribution in [0, 0.1) is 6.92 Å². The summed E-state index contributed by atoms with van der Waals surface area (Å²) in [6, 6.07) is 14.0. The molecule has 0 saturated heterocycles. The number of benzene rings is 1. The van der Waals surface area contributed by atoms with Crippen molar-refractivity contribution in [2.75, 3.05) is 0 Å². The number of rotatable bonds is 5. The average molecular weight is 345 g/mol. The van der Waals surface area contributed by atoms with Crippen LogP contribution < -0.4 is 5.32 Å². The Morgan fingerprint density at radius 1 is 1.23 bits per heavy atom. The molecule has 0 aliphatic carbocycles. The SMILES string of the molecule is Cc1cnccc1CNC(=O)c1cc(Cn2ccc3ccccc32)[nH]n1. The van der Waals surface area contributed by atoms with E-state index in [4.69, 9.17) is 0 Å². The first kappa shape index (κ1) is 16.1. The lowest BCUT2D eigenvalue weighted by Crippen LogP contribution is -2.23. The van der Waals surface area contributed by atoms with Gasteiger partial charge in [-0.2, -0.15) is 5.10 Å². The highest BCUT2D eigenvalue weighted by atomic mass is 16.1. The zero-order valence-corrected chi connectivity index (χ0v) is 14.4. The number of H-pyrrole nitrogens is 1. The molecule has 0 atom stereocenters. The fourth-order valence-electron chi connectivity index (χ4n) is 2.99. The van der Waals surface area contributed by atoms with E-state index >= 15 is 0 Å². The molecule has 3 heterocycles. The highest BCUT2D eigenvalue weighted by Crippen LogP contribution is 2.16. The molecule has 0 saturated carbocycles. The second kappa shape index (κ2) is 6.84. The van der Waals surface area contributed by atoms with Gasteiger partial charge in [-0.3, -0.25) is 14.9 Å². The molecule has 1 amide bonds. The highest BCUT2D eigenvalue weighted by Gasteiger charge is 2.11. The van der Waals surface area contributed by atoms with E-state index in [1.165, 1.54) is 5.39 Å². The number of nitrogens with zero attached hydrogens (tertiary/aromatic N) is 3. The molecule has 6 heteroatoms. The zero-order chi connectivity index (χ0) is 17.9. The van der Waals surface area contributed by atoms with Crippen LogP contribution in [0.3, 0.4) is 0 Å². The fraction of sp³-hybridized carbons (Fsp3) is 0.150. The summed E-state index contributed by atoms with van der Waals surface area (Å²) in [4.78, 5) is 16.4. The minimum atomic E-state index is -0.193. The van der Waals surface area contributed by atoms with Gasteiger partial charge in [0.15, 0.2) is 0 Å². The van der Waals surface area contributed by atoms with Crippen molar-refractivity contribution in [3.05, 3.63) is 83.6 Å². The molecule has 0 aliphatic heterocycles. The summed E-state index contributed by atoms with van der Waals surface area (Å²) in [5.74, 6) is -0.193. The molecule has 6 nitrogen and oxygen atoms in total. The second-order valence-electron chi connectivity index (χ2n) is 6.27. The number of aromatic nitrogens is 4. The molecule has 4 aromatic rings. The van der Waals surface area contributed by atoms with Gasteiger partial charge in [0, 0.05) is 30.7 Å². The number of nitrogens with one attached hydrogen (secondary N) is 2. The lowest BCUT2D eigenvalue weighted by atomic mass is 10.1. The smallest absolute Gasteiger partial charge is 0.272 e. The highest BCUT2D eigenvalue weighted by molar-refractivity contribution is 5.92. The maximum atomic E-state index is 12.3. The first-order valence-electron chi connectivity index (χ1n) is 8.46. The summed E-state index contributed by atoms with van der Waals surface area (Å²) in [5, 5.41) is 11.2. The quantitative estimate of drug-likeness (QED) is 0.584. The Morgan fingerprint density at radius 3 is 3.00 bits per heavy atom. The number of aromatic amines is 1. The second-order valence-corrected chi connectivity index (χ2v) is 6.27. The molecule has 1 aromatic carbocycles. The van der Waals surface area contributed by atoms with Crippen LogP contribution >= 0.6 is 0 Å². The number of fused-ring (bicyclic) bond motifs is 1. The summed E-state index contributed by atoms with van der Waals surface area (Å²) in [7, 11) is 0. The lowest BCUT2D eigenvalue weighted by molar-refractivity contribution is 0.0946. The number of carbonyl (C=O) groups excluding carboxylic acids is 1. The van der Waals surface area contributed by atoms with Gasteiger partial charge >= 0.3 is 0 Å². The third-order valence-electron chi connectivity index (χ3n) is 4.46. The maximum absolute atomic E-state index is 12.3. The van der Waals surface area contributed by atoms with Gasteiger partial charge in [-0.1, -0.05) is 18.2 Å². The molecule has 0 radical (unpaired) electrons. The molecule has 0 spiro atoms. The van der Waals surface area contributed by atoms with E-state index in [9.17, 15) is 4.79 Å². The third kappa shape index (κ3) is 3.21. The minimum absolute atomic E-state index is 0.193. The summed E-state index contributed by atoms with van der Waals surface area (Å²) in [6.45, 7) is 3.07. The van der Waals surface area contributed by atoms with Crippen molar-refractivity contribution in [3.8, 4) is 0 Å². The predicted molar refractivity (Wildman–Crippen MR) is 99.8 cm³/mol. The van der Waals surface area contributed by atoms with Crippen LogP contribution in [0.25, 0.3) is 10.9 Å². The first-order valence-corrected chi connectivity index (χ1v) is 8.46. The molecule has 4 rings (SSSR count). The third-order valence-corrected chi connectivity index (χ3v) is 4.46. The van der Waals surface area contributed by atoms with Crippen molar-refractivity contribution in [1.29, 1.82) is 0 Å². The molecular formula is C20H19N5O. The monoisotopic (exact) mass is 345 g/mol. The van der Waals surface area contributed by atoms with Gasteiger partial charge in [-0.05, 0) is 47.7 Å². The number of para-hydroxylation sites is 1. The fourth-order valence-corrected chi connectivity index (χ4v) is 2.99. The number of carbonyl (C=O) groups is 1. The largest absolute Gasteiger partial charge is 0.347 e. The topological polar surface area (TPSA) is 75.6 Å². The van der Waals surface area contributed by atoms with Crippen molar-refractivity contribution in [2.24, 2.45) is 0 Å². The molecule has 0 fully saturated rings. The lowest BCUT2D eigenvalue weighted by Gasteiger charge is -2.05. The van der Waals surface area contributed by atoms with E-state index in [0.29, 0.717) is 18.8 Å². The van der Waals surface area contributed by atoms with Crippen LogP contribution in [0.1, 0.15) is 27.3 Å². The van der Waals surface area contributed by atoms with E-state index in [0.717, 1.165) is 22.3 Å². The molecule has 0 bridgehead atoms. The minimum Gasteiger partial charge on any atom is -0.347 e. The van der Waals surface area contributed by atoms with Crippen LogP contribution in [0.15, 0.2) is 61.1 Å². The van der Waals surface area contributed by atoms with E-state index in [2.05, 4.69) is 43.3 Å². The number of pyridine rings is 1. The van der Waals surface area contributed by atoms with Crippen molar-refractivity contribution in [2.45, 2.75) is 20.0 Å². The Bertz CT molecular complexity index is 1060.